The molecule has 0 unspecified atom stereocenters. The summed E-state index contributed by atoms with van der Waals surface area (Å²) in [6, 6.07) is 7.50. The molecule has 0 spiro atoms. The molecular formula is C22H26N4O4. The van der Waals surface area contributed by atoms with Crippen LogP contribution in [0.4, 0.5) is 0 Å². The summed E-state index contributed by atoms with van der Waals surface area (Å²) in [5, 5.41) is 14.7. The van der Waals surface area contributed by atoms with Crippen molar-refractivity contribution in [3.05, 3.63) is 47.8 Å². The largest absolute Gasteiger partial charge is 0.486 e. The number of likely N-dealkylation sites (tertiary alicyclic amines) is 1. The fraction of sp³-hybridized carbons (Fsp3) is 0.500. The highest BCUT2D eigenvalue weighted by Crippen LogP contribution is 2.38. The average Bonchev–Trinajstić information content (AvgIpc) is 3.45. The first kappa shape index (κ1) is 19.3. The smallest absolute Gasteiger partial charge is 0.241 e. The van der Waals surface area contributed by atoms with Gasteiger partial charge in [-0.25, -0.2) is 0 Å². The Morgan fingerprint density at radius 1 is 1.13 bits per heavy atom. The second-order valence-electron chi connectivity index (χ2n) is 8.43. The lowest BCUT2D eigenvalue weighted by molar-refractivity contribution is -0.0236. The molecule has 30 heavy (non-hydrogen) atoms. The highest BCUT2D eigenvalue weighted by Gasteiger charge is 2.43. The monoisotopic (exact) mass is 410 g/mol. The van der Waals surface area contributed by atoms with Crippen LogP contribution in [0.3, 0.4) is 0 Å². The van der Waals surface area contributed by atoms with E-state index in [0.717, 1.165) is 43.1 Å². The van der Waals surface area contributed by atoms with Gasteiger partial charge in [-0.2, -0.15) is 4.98 Å². The minimum absolute atomic E-state index is 0.205. The third-order valence-electron chi connectivity index (χ3n) is 6.18. The van der Waals surface area contributed by atoms with Crippen LogP contribution in [0, 0.1) is 25.7 Å². The van der Waals surface area contributed by atoms with E-state index in [0.29, 0.717) is 35.9 Å². The zero-order valence-corrected chi connectivity index (χ0v) is 17.2. The first-order valence-electron chi connectivity index (χ1n) is 10.4. The number of aryl methyl sites for hydroxylation is 2. The molecule has 8 heteroatoms. The third kappa shape index (κ3) is 3.85. The number of nitrogens with zero attached hydrogens (tertiary/aromatic N) is 4. The zero-order valence-electron chi connectivity index (χ0n) is 17.2. The van der Waals surface area contributed by atoms with Crippen LogP contribution in [0.1, 0.15) is 30.1 Å². The van der Waals surface area contributed by atoms with Crippen molar-refractivity contribution in [2.45, 2.75) is 45.4 Å². The number of hydrogen-bond acceptors (Lipinski definition) is 8. The van der Waals surface area contributed by atoms with Gasteiger partial charge in [-0.05, 0) is 62.8 Å². The summed E-state index contributed by atoms with van der Waals surface area (Å²) < 4.78 is 16.9. The number of furan rings is 1. The zero-order chi connectivity index (χ0) is 20.7. The molecule has 0 bridgehead atoms. The van der Waals surface area contributed by atoms with Gasteiger partial charge in [0.05, 0.1) is 24.6 Å². The minimum Gasteiger partial charge on any atom is -0.486 e. The molecule has 5 rings (SSSR count). The second-order valence-corrected chi connectivity index (χ2v) is 8.43. The van der Waals surface area contributed by atoms with E-state index in [1.165, 1.54) is 0 Å². The standard InChI is InChI=1S/C22H26N4O4/c1-13-5-6-18(14(2)23-13)29-20-9-16-11-26(10-15(16)8-17(20)27)12-21-24-22(25-30-21)19-4-3-7-28-19/h3-7,15-17,20,27H,8-12H2,1-2H3/t15-,16+,17+,20+/m0/s1. The highest BCUT2D eigenvalue weighted by molar-refractivity contribution is 5.44. The van der Waals surface area contributed by atoms with Crippen LogP contribution in [0.5, 0.6) is 5.75 Å². The third-order valence-corrected chi connectivity index (χ3v) is 6.18. The molecule has 2 aliphatic rings. The summed E-state index contributed by atoms with van der Waals surface area (Å²) in [5.41, 5.74) is 1.83. The van der Waals surface area contributed by atoms with E-state index in [1.807, 2.05) is 32.0 Å². The molecule has 1 saturated heterocycles. The van der Waals surface area contributed by atoms with Crippen LogP contribution < -0.4 is 4.74 Å². The van der Waals surface area contributed by atoms with Gasteiger partial charge in [0, 0.05) is 18.8 Å². The van der Waals surface area contributed by atoms with Crippen LogP contribution in [0.2, 0.25) is 0 Å². The molecule has 1 aliphatic heterocycles. The van der Waals surface area contributed by atoms with Crippen molar-refractivity contribution < 1.29 is 18.8 Å². The molecule has 0 amide bonds. The number of ether oxygens (including phenoxy) is 1. The van der Waals surface area contributed by atoms with Crippen LogP contribution in [0.15, 0.2) is 39.5 Å². The molecule has 3 aromatic heterocycles. The molecule has 1 saturated carbocycles. The van der Waals surface area contributed by atoms with Crippen molar-refractivity contribution in [2.24, 2.45) is 11.8 Å². The average molecular weight is 410 g/mol. The molecule has 8 nitrogen and oxygen atoms in total. The van der Waals surface area contributed by atoms with Gasteiger partial charge in [0.25, 0.3) is 0 Å². The highest BCUT2D eigenvalue weighted by atomic mass is 16.5. The molecule has 0 aromatic carbocycles. The van der Waals surface area contributed by atoms with E-state index in [1.54, 1.807) is 12.3 Å². The summed E-state index contributed by atoms with van der Waals surface area (Å²) >= 11 is 0. The Labute approximate surface area is 174 Å². The first-order chi connectivity index (χ1) is 14.5. The number of rotatable bonds is 5. The maximum absolute atomic E-state index is 10.7. The first-order valence-corrected chi connectivity index (χ1v) is 10.4. The lowest BCUT2D eigenvalue weighted by atomic mass is 9.78. The quantitative estimate of drug-likeness (QED) is 0.686. The number of aliphatic hydroxyl groups excluding tert-OH is 1. The van der Waals surface area contributed by atoms with Gasteiger partial charge in [-0.1, -0.05) is 5.16 Å². The molecule has 158 valence electrons. The summed E-state index contributed by atoms with van der Waals surface area (Å²) in [6.07, 6.45) is 2.49. The SMILES string of the molecule is Cc1ccc(O[C@@H]2C[C@@H]3CN(Cc4nc(-c5ccco5)no4)C[C@@H]3C[C@H]2O)c(C)n1. The van der Waals surface area contributed by atoms with Crippen molar-refractivity contribution in [1.29, 1.82) is 0 Å². The van der Waals surface area contributed by atoms with Crippen molar-refractivity contribution in [3.63, 3.8) is 0 Å². The minimum atomic E-state index is -0.471. The van der Waals surface area contributed by atoms with Gasteiger partial charge in [-0.3, -0.25) is 9.88 Å². The Kier molecular flexibility index (Phi) is 5.04. The Morgan fingerprint density at radius 2 is 1.97 bits per heavy atom. The number of aromatic nitrogens is 3. The summed E-state index contributed by atoms with van der Waals surface area (Å²) in [7, 11) is 0. The number of pyridine rings is 1. The van der Waals surface area contributed by atoms with Gasteiger partial charge >= 0.3 is 0 Å². The van der Waals surface area contributed by atoms with Crippen molar-refractivity contribution >= 4 is 0 Å². The topological polar surface area (TPSA) is 97.7 Å². The van der Waals surface area contributed by atoms with Gasteiger partial charge in [-0.15, -0.1) is 0 Å². The number of aliphatic hydroxyl groups is 1. The molecule has 1 aliphatic carbocycles. The maximum Gasteiger partial charge on any atom is 0.241 e. The van der Waals surface area contributed by atoms with Gasteiger partial charge in [0.2, 0.25) is 11.7 Å². The van der Waals surface area contributed by atoms with E-state index in [9.17, 15) is 5.11 Å². The van der Waals surface area contributed by atoms with E-state index >= 15 is 0 Å². The number of fused-ring (bicyclic) bond motifs is 1. The maximum atomic E-state index is 10.7. The Morgan fingerprint density at radius 3 is 2.73 bits per heavy atom. The molecule has 2 fully saturated rings. The predicted octanol–water partition coefficient (Wildman–Crippen LogP) is 2.99. The lowest BCUT2D eigenvalue weighted by Crippen LogP contribution is -2.42. The molecule has 1 N–H and O–H groups in total. The van der Waals surface area contributed by atoms with Crippen molar-refractivity contribution in [3.8, 4) is 17.3 Å². The van der Waals surface area contributed by atoms with Gasteiger partial charge < -0.3 is 18.8 Å². The predicted molar refractivity (Wildman–Crippen MR) is 108 cm³/mol. The fourth-order valence-electron chi connectivity index (χ4n) is 4.72. The lowest BCUT2D eigenvalue weighted by Gasteiger charge is -2.35. The normalized spacial score (nSPS) is 26.6. The fourth-order valence-corrected chi connectivity index (χ4v) is 4.72. The van der Waals surface area contributed by atoms with Crippen LogP contribution in [0.25, 0.3) is 11.6 Å². The number of hydrogen-bond donors (Lipinski definition) is 1. The van der Waals surface area contributed by atoms with E-state index in [-0.39, 0.29) is 6.10 Å². The molecule has 3 aromatic rings. The van der Waals surface area contributed by atoms with Gasteiger partial charge in [0.1, 0.15) is 11.9 Å². The summed E-state index contributed by atoms with van der Waals surface area (Å²) in [5.74, 6) is 3.33. The van der Waals surface area contributed by atoms with E-state index in [2.05, 4.69) is 20.0 Å². The van der Waals surface area contributed by atoms with Crippen molar-refractivity contribution in [2.75, 3.05) is 13.1 Å². The Bertz CT molecular complexity index is 1000. The summed E-state index contributed by atoms with van der Waals surface area (Å²) in [6.45, 7) is 6.35. The van der Waals surface area contributed by atoms with Crippen molar-refractivity contribution in [1.82, 2.24) is 20.0 Å². The molecule has 0 radical (unpaired) electrons. The summed E-state index contributed by atoms with van der Waals surface area (Å²) in [4.78, 5) is 11.2. The van der Waals surface area contributed by atoms with Crippen LogP contribution >= 0.6 is 0 Å². The van der Waals surface area contributed by atoms with Gasteiger partial charge in [0.15, 0.2) is 5.76 Å². The molecule has 4 heterocycles. The molecular weight excluding hydrogens is 384 g/mol. The molecule has 4 atom stereocenters. The Balaban J connectivity index is 1.21. The van der Waals surface area contributed by atoms with Crippen LogP contribution in [-0.4, -0.2) is 50.4 Å². The van der Waals surface area contributed by atoms with Crippen LogP contribution in [-0.2, 0) is 6.54 Å². The second kappa shape index (κ2) is 7.85. The Hall–Kier alpha value is -2.71. The van der Waals surface area contributed by atoms with E-state index in [4.69, 9.17) is 13.7 Å². The van der Waals surface area contributed by atoms with E-state index < -0.39 is 6.10 Å².